The van der Waals surface area contributed by atoms with E-state index in [2.05, 4.69) is 16.9 Å². The van der Waals surface area contributed by atoms with Gasteiger partial charge in [0.05, 0.1) is 15.8 Å². The molecule has 13 heavy (non-hydrogen) atoms. The summed E-state index contributed by atoms with van der Waals surface area (Å²) in [6, 6.07) is -0.501. The summed E-state index contributed by atoms with van der Waals surface area (Å²) in [5.41, 5.74) is 5.29. The van der Waals surface area contributed by atoms with Crippen LogP contribution in [0.4, 0.5) is 0 Å². The molecule has 4 nitrogen and oxygen atoms in total. The van der Waals surface area contributed by atoms with Crippen molar-refractivity contribution < 1.29 is 8.42 Å². The normalized spacial score (nSPS) is 15.4. The SMILES string of the molecule is CC(NS(=O)(=O)C(C)(C)C)C(N)=S. The summed E-state index contributed by atoms with van der Waals surface area (Å²) in [6.45, 7) is 6.45. The number of nitrogens with one attached hydrogen (secondary N) is 1. The Morgan fingerprint density at radius 1 is 1.46 bits per heavy atom. The fraction of sp³-hybridized carbons (Fsp3) is 0.857. The molecule has 6 heteroatoms. The first-order chi connectivity index (χ1) is 5.58. The van der Waals surface area contributed by atoms with Crippen LogP contribution in [-0.4, -0.2) is 24.2 Å². The average molecular weight is 224 g/mol. The van der Waals surface area contributed by atoms with Crippen LogP contribution in [0.25, 0.3) is 0 Å². The average Bonchev–Trinajstić information content (AvgIpc) is 1.83. The maximum absolute atomic E-state index is 11.5. The number of hydrogen-bond donors (Lipinski definition) is 2. The molecule has 1 atom stereocenters. The van der Waals surface area contributed by atoms with Crippen molar-refractivity contribution in [2.75, 3.05) is 0 Å². The highest BCUT2D eigenvalue weighted by Crippen LogP contribution is 2.13. The van der Waals surface area contributed by atoms with Crippen LogP contribution in [0.15, 0.2) is 0 Å². The maximum atomic E-state index is 11.5. The van der Waals surface area contributed by atoms with Gasteiger partial charge in [0.15, 0.2) is 0 Å². The van der Waals surface area contributed by atoms with Gasteiger partial charge in [-0.2, -0.15) is 0 Å². The van der Waals surface area contributed by atoms with Crippen LogP contribution in [-0.2, 0) is 10.0 Å². The summed E-state index contributed by atoms with van der Waals surface area (Å²) >= 11 is 4.66. The van der Waals surface area contributed by atoms with Gasteiger partial charge < -0.3 is 5.73 Å². The Kier molecular flexibility index (Phi) is 3.83. The highest BCUT2D eigenvalue weighted by molar-refractivity contribution is 7.91. The second-order valence-electron chi connectivity index (χ2n) is 3.86. The fourth-order valence-corrected chi connectivity index (χ4v) is 1.55. The monoisotopic (exact) mass is 224 g/mol. The number of hydrogen-bond acceptors (Lipinski definition) is 3. The first-order valence-corrected chi connectivity index (χ1v) is 5.78. The van der Waals surface area contributed by atoms with Crippen molar-refractivity contribution in [3.63, 3.8) is 0 Å². The maximum Gasteiger partial charge on any atom is 0.217 e. The van der Waals surface area contributed by atoms with Crippen molar-refractivity contribution >= 4 is 27.2 Å². The van der Waals surface area contributed by atoms with E-state index in [-0.39, 0.29) is 4.99 Å². The van der Waals surface area contributed by atoms with Crippen LogP contribution in [0, 0.1) is 0 Å². The third kappa shape index (κ3) is 3.58. The molecule has 1 unspecified atom stereocenters. The van der Waals surface area contributed by atoms with Gasteiger partial charge in [0, 0.05) is 0 Å². The zero-order chi connectivity index (χ0) is 10.9. The van der Waals surface area contributed by atoms with Crippen molar-refractivity contribution in [2.45, 2.75) is 38.5 Å². The second kappa shape index (κ2) is 3.89. The second-order valence-corrected chi connectivity index (χ2v) is 6.80. The van der Waals surface area contributed by atoms with E-state index in [1.165, 1.54) is 0 Å². The first-order valence-electron chi connectivity index (χ1n) is 3.89. The molecule has 0 bridgehead atoms. The third-order valence-corrected chi connectivity index (χ3v) is 4.19. The minimum Gasteiger partial charge on any atom is -0.392 e. The topological polar surface area (TPSA) is 72.2 Å². The molecule has 0 aliphatic carbocycles. The lowest BCUT2D eigenvalue weighted by Crippen LogP contribution is -2.47. The van der Waals surface area contributed by atoms with Gasteiger partial charge in [-0.15, -0.1) is 0 Å². The smallest absolute Gasteiger partial charge is 0.217 e. The highest BCUT2D eigenvalue weighted by atomic mass is 32.2. The molecule has 0 aromatic carbocycles. The summed E-state index contributed by atoms with van der Waals surface area (Å²) in [7, 11) is -3.36. The molecular weight excluding hydrogens is 208 g/mol. The molecule has 0 aromatic rings. The molecule has 0 rings (SSSR count). The fourth-order valence-electron chi connectivity index (χ4n) is 0.468. The van der Waals surface area contributed by atoms with Gasteiger partial charge >= 0.3 is 0 Å². The number of nitrogens with two attached hydrogens (primary N) is 1. The van der Waals surface area contributed by atoms with E-state index in [0.29, 0.717) is 0 Å². The molecular formula is C7H16N2O2S2. The van der Waals surface area contributed by atoms with E-state index in [1.54, 1.807) is 27.7 Å². The van der Waals surface area contributed by atoms with Gasteiger partial charge in [0.1, 0.15) is 0 Å². The van der Waals surface area contributed by atoms with Crippen LogP contribution in [0.2, 0.25) is 0 Å². The molecule has 3 N–H and O–H groups in total. The standard InChI is InChI=1S/C7H16N2O2S2/c1-5(6(8)12)9-13(10,11)7(2,3)4/h5,9H,1-4H3,(H2,8,12). The molecule has 0 aliphatic heterocycles. The molecule has 0 radical (unpaired) electrons. The lowest BCUT2D eigenvalue weighted by molar-refractivity contribution is 0.542. The summed E-state index contributed by atoms with van der Waals surface area (Å²) in [5, 5.41) is 0. The van der Waals surface area contributed by atoms with E-state index in [4.69, 9.17) is 5.73 Å². The number of rotatable bonds is 3. The number of thiocarbonyl (C=S) groups is 1. The first kappa shape index (κ1) is 12.8. The third-order valence-electron chi connectivity index (χ3n) is 1.56. The van der Waals surface area contributed by atoms with E-state index in [0.717, 1.165) is 0 Å². The van der Waals surface area contributed by atoms with Crippen molar-refractivity contribution in [3.05, 3.63) is 0 Å². The predicted octanol–water partition coefficient (Wildman–Crippen LogP) is 0.379. The lowest BCUT2D eigenvalue weighted by atomic mass is 10.3. The number of sulfonamides is 1. The summed E-state index contributed by atoms with van der Waals surface area (Å²) in [6.07, 6.45) is 0. The predicted molar refractivity (Wildman–Crippen MR) is 58.1 cm³/mol. The van der Waals surface area contributed by atoms with Gasteiger partial charge in [0.25, 0.3) is 0 Å². The Labute approximate surface area is 84.9 Å². The zero-order valence-corrected chi connectivity index (χ0v) is 9.92. The van der Waals surface area contributed by atoms with Crippen LogP contribution in [0.5, 0.6) is 0 Å². The minimum absolute atomic E-state index is 0.146. The summed E-state index contributed by atoms with van der Waals surface area (Å²) in [4.78, 5) is 0.146. The molecule has 0 saturated carbocycles. The Morgan fingerprint density at radius 3 is 2.08 bits per heavy atom. The van der Waals surface area contributed by atoms with Gasteiger partial charge in [-0.25, -0.2) is 13.1 Å². The van der Waals surface area contributed by atoms with Gasteiger partial charge in [0.2, 0.25) is 10.0 Å². The molecule has 0 amide bonds. The minimum atomic E-state index is -3.36. The van der Waals surface area contributed by atoms with Gasteiger partial charge in [-0.3, -0.25) is 0 Å². The van der Waals surface area contributed by atoms with Crippen LogP contribution >= 0.6 is 12.2 Å². The largest absolute Gasteiger partial charge is 0.392 e. The molecule has 0 fully saturated rings. The Balaban J connectivity index is 4.64. The van der Waals surface area contributed by atoms with E-state index in [1.807, 2.05) is 0 Å². The molecule has 0 spiro atoms. The molecule has 78 valence electrons. The van der Waals surface area contributed by atoms with E-state index in [9.17, 15) is 8.42 Å². The van der Waals surface area contributed by atoms with E-state index >= 15 is 0 Å². The van der Waals surface area contributed by atoms with Crippen molar-refractivity contribution in [2.24, 2.45) is 5.73 Å². The molecule has 0 aliphatic rings. The van der Waals surface area contributed by atoms with Crippen molar-refractivity contribution in [3.8, 4) is 0 Å². The molecule has 0 aromatic heterocycles. The quantitative estimate of drug-likeness (QED) is 0.680. The zero-order valence-electron chi connectivity index (χ0n) is 8.29. The van der Waals surface area contributed by atoms with E-state index < -0.39 is 20.8 Å². The van der Waals surface area contributed by atoms with Gasteiger partial charge in [-0.1, -0.05) is 12.2 Å². The van der Waals surface area contributed by atoms with Crippen LogP contribution in [0.1, 0.15) is 27.7 Å². The van der Waals surface area contributed by atoms with Crippen LogP contribution < -0.4 is 10.5 Å². The van der Waals surface area contributed by atoms with Crippen molar-refractivity contribution in [1.82, 2.24) is 4.72 Å². The molecule has 0 heterocycles. The highest BCUT2D eigenvalue weighted by Gasteiger charge is 2.30. The Hall–Kier alpha value is -0.200. The van der Waals surface area contributed by atoms with Crippen molar-refractivity contribution in [1.29, 1.82) is 0 Å². The Morgan fingerprint density at radius 2 is 1.85 bits per heavy atom. The summed E-state index contributed by atoms with van der Waals surface area (Å²) in [5.74, 6) is 0. The van der Waals surface area contributed by atoms with Gasteiger partial charge in [-0.05, 0) is 27.7 Å². The molecule has 0 saturated heterocycles. The summed E-state index contributed by atoms with van der Waals surface area (Å²) < 4.78 is 24.6. The lowest BCUT2D eigenvalue weighted by Gasteiger charge is -2.22. The van der Waals surface area contributed by atoms with Crippen LogP contribution in [0.3, 0.4) is 0 Å². The Bertz CT molecular complexity index is 290.